The molecule has 1 fully saturated rings. The van der Waals surface area contributed by atoms with Crippen molar-refractivity contribution in [2.45, 2.75) is 32.0 Å². The maximum atomic E-state index is 5.90. The number of rotatable bonds is 6. The van der Waals surface area contributed by atoms with Crippen LogP contribution in [-0.2, 0) is 4.74 Å². The number of hydrogen-bond acceptors (Lipinski definition) is 3. The van der Waals surface area contributed by atoms with E-state index in [1.54, 1.807) is 0 Å². The molecule has 0 amide bonds. The minimum Gasteiger partial charge on any atom is -0.491 e. The van der Waals surface area contributed by atoms with Crippen molar-refractivity contribution >= 4 is 11.6 Å². The Kier molecular flexibility index (Phi) is 5.29. The van der Waals surface area contributed by atoms with Crippen LogP contribution in [0.2, 0.25) is 5.02 Å². The van der Waals surface area contributed by atoms with E-state index in [0.29, 0.717) is 17.7 Å². The lowest BCUT2D eigenvalue weighted by molar-refractivity contribution is 0.0188. The Morgan fingerprint density at radius 3 is 3.00 bits per heavy atom. The van der Waals surface area contributed by atoms with Gasteiger partial charge in [-0.25, -0.2) is 0 Å². The Morgan fingerprint density at radius 2 is 2.22 bits per heavy atom. The second kappa shape index (κ2) is 6.98. The van der Waals surface area contributed by atoms with E-state index in [0.717, 1.165) is 31.7 Å². The average molecular weight is 270 g/mol. The van der Waals surface area contributed by atoms with Crippen molar-refractivity contribution in [2.24, 2.45) is 0 Å². The van der Waals surface area contributed by atoms with Gasteiger partial charge in [0.1, 0.15) is 12.4 Å². The molecule has 1 heterocycles. The van der Waals surface area contributed by atoms with Crippen molar-refractivity contribution in [1.82, 2.24) is 5.32 Å². The molecular formula is C14H20ClNO2. The summed E-state index contributed by atoms with van der Waals surface area (Å²) in [5, 5.41) is 4.01. The third kappa shape index (κ3) is 4.16. The van der Waals surface area contributed by atoms with Crippen molar-refractivity contribution in [1.29, 1.82) is 0 Å². The maximum absolute atomic E-state index is 5.90. The van der Waals surface area contributed by atoms with E-state index < -0.39 is 0 Å². The predicted molar refractivity (Wildman–Crippen MR) is 73.4 cm³/mol. The van der Waals surface area contributed by atoms with Crippen molar-refractivity contribution in [3.63, 3.8) is 0 Å². The molecule has 0 saturated carbocycles. The van der Waals surface area contributed by atoms with Crippen LogP contribution in [0.5, 0.6) is 5.75 Å². The monoisotopic (exact) mass is 269 g/mol. The fraction of sp³-hybridized carbons (Fsp3) is 0.571. The highest BCUT2D eigenvalue weighted by Crippen LogP contribution is 2.22. The first-order valence-electron chi connectivity index (χ1n) is 6.52. The quantitative estimate of drug-likeness (QED) is 0.861. The van der Waals surface area contributed by atoms with Gasteiger partial charge in [-0.1, -0.05) is 24.6 Å². The smallest absolute Gasteiger partial charge is 0.120 e. The standard InChI is InChI=1S/C14H20ClNO2/c1-2-16-9-13-6-7-14(18-13)10-17-12-5-3-4-11(15)8-12/h3-5,8,13-14,16H,2,6-7,9-10H2,1H3. The van der Waals surface area contributed by atoms with Gasteiger partial charge in [-0.15, -0.1) is 0 Å². The van der Waals surface area contributed by atoms with Gasteiger partial charge in [-0.2, -0.15) is 0 Å². The van der Waals surface area contributed by atoms with E-state index in [4.69, 9.17) is 21.1 Å². The van der Waals surface area contributed by atoms with E-state index in [1.807, 2.05) is 24.3 Å². The molecule has 1 aliphatic rings. The average Bonchev–Trinajstić information content (AvgIpc) is 2.82. The summed E-state index contributed by atoms with van der Waals surface area (Å²) in [6, 6.07) is 7.47. The summed E-state index contributed by atoms with van der Waals surface area (Å²) in [5.74, 6) is 0.807. The van der Waals surface area contributed by atoms with Crippen molar-refractivity contribution in [3.8, 4) is 5.75 Å². The predicted octanol–water partition coefficient (Wildman–Crippen LogP) is 2.88. The van der Waals surface area contributed by atoms with Gasteiger partial charge in [-0.05, 0) is 37.6 Å². The number of benzene rings is 1. The van der Waals surface area contributed by atoms with Gasteiger partial charge >= 0.3 is 0 Å². The van der Waals surface area contributed by atoms with Crippen molar-refractivity contribution in [3.05, 3.63) is 29.3 Å². The molecule has 18 heavy (non-hydrogen) atoms. The minimum absolute atomic E-state index is 0.202. The Hall–Kier alpha value is -0.770. The van der Waals surface area contributed by atoms with Crippen LogP contribution in [0.4, 0.5) is 0 Å². The van der Waals surface area contributed by atoms with Gasteiger partial charge < -0.3 is 14.8 Å². The lowest BCUT2D eigenvalue weighted by atomic mass is 10.2. The highest BCUT2D eigenvalue weighted by Gasteiger charge is 2.25. The summed E-state index contributed by atoms with van der Waals surface area (Å²) in [5.41, 5.74) is 0. The molecule has 4 heteroatoms. The van der Waals surface area contributed by atoms with Gasteiger partial charge in [0.15, 0.2) is 0 Å². The van der Waals surface area contributed by atoms with Gasteiger partial charge in [0.2, 0.25) is 0 Å². The fourth-order valence-corrected chi connectivity index (χ4v) is 2.28. The number of ether oxygens (including phenoxy) is 2. The topological polar surface area (TPSA) is 30.5 Å². The Balaban J connectivity index is 1.72. The van der Waals surface area contributed by atoms with Crippen LogP contribution in [0, 0.1) is 0 Å². The molecule has 1 aliphatic heterocycles. The zero-order chi connectivity index (χ0) is 12.8. The van der Waals surface area contributed by atoms with Gasteiger partial charge in [0.25, 0.3) is 0 Å². The molecule has 1 aromatic carbocycles. The highest BCUT2D eigenvalue weighted by molar-refractivity contribution is 6.30. The molecule has 1 N–H and O–H groups in total. The Morgan fingerprint density at radius 1 is 1.39 bits per heavy atom. The Labute approximate surface area is 113 Å². The van der Waals surface area contributed by atoms with Crippen molar-refractivity contribution < 1.29 is 9.47 Å². The molecule has 100 valence electrons. The number of halogens is 1. The second-order valence-corrected chi connectivity index (χ2v) is 4.97. The molecule has 2 rings (SSSR count). The SMILES string of the molecule is CCNCC1CCC(COc2cccc(Cl)c2)O1. The first kappa shape index (κ1) is 13.7. The van der Waals surface area contributed by atoms with Gasteiger partial charge in [0.05, 0.1) is 12.2 Å². The molecule has 1 aromatic rings. The number of nitrogens with one attached hydrogen (secondary N) is 1. The van der Waals surface area contributed by atoms with Crippen LogP contribution in [0.15, 0.2) is 24.3 Å². The van der Waals surface area contributed by atoms with Crippen LogP contribution >= 0.6 is 11.6 Å². The molecular weight excluding hydrogens is 250 g/mol. The fourth-order valence-electron chi connectivity index (χ4n) is 2.10. The number of hydrogen-bond donors (Lipinski definition) is 1. The molecule has 0 spiro atoms. The summed E-state index contributed by atoms with van der Waals surface area (Å²) in [4.78, 5) is 0. The van der Waals surface area contributed by atoms with E-state index in [-0.39, 0.29) is 6.10 Å². The summed E-state index contributed by atoms with van der Waals surface area (Å²) in [6.45, 7) is 4.63. The van der Waals surface area contributed by atoms with Gasteiger partial charge in [0, 0.05) is 11.6 Å². The van der Waals surface area contributed by atoms with E-state index >= 15 is 0 Å². The third-order valence-electron chi connectivity index (χ3n) is 3.05. The second-order valence-electron chi connectivity index (χ2n) is 4.53. The van der Waals surface area contributed by atoms with E-state index in [2.05, 4.69) is 12.2 Å². The first-order valence-corrected chi connectivity index (χ1v) is 6.90. The van der Waals surface area contributed by atoms with Crippen LogP contribution in [0.25, 0.3) is 0 Å². The molecule has 0 aromatic heterocycles. The Bertz CT molecular complexity index is 373. The highest BCUT2D eigenvalue weighted by atomic mass is 35.5. The minimum atomic E-state index is 0.202. The first-order chi connectivity index (χ1) is 8.78. The van der Waals surface area contributed by atoms with Crippen molar-refractivity contribution in [2.75, 3.05) is 19.7 Å². The molecule has 2 unspecified atom stereocenters. The molecule has 1 saturated heterocycles. The molecule has 0 bridgehead atoms. The molecule has 2 atom stereocenters. The van der Waals surface area contributed by atoms with E-state index in [1.165, 1.54) is 0 Å². The number of likely N-dealkylation sites (N-methyl/N-ethyl adjacent to an activating group) is 1. The molecule has 0 aliphatic carbocycles. The molecule has 3 nitrogen and oxygen atoms in total. The summed E-state index contributed by atoms with van der Waals surface area (Å²) in [7, 11) is 0. The largest absolute Gasteiger partial charge is 0.491 e. The van der Waals surface area contributed by atoms with Gasteiger partial charge in [-0.3, -0.25) is 0 Å². The zero-order valence-electron chi connectivity index (χ0n) is 10.7. The normalized spacial score (nSPS) is 23.2. The van der Waals surface area contributed by atoms with Crippen LogP contribution in [0.3, 0.4) is 0 Å². The van der Waals surface area contributed by atoms with Crippen LogP contribution in [0.1, 0.15) is 19.8 Å². The van der Waals surface area contributed by atoms with Crippen LogP contribution in [-0.4, -0.2) is 31.9 Å². The summed E-state index contributed by atoms with van der Waals surface area (Å²) < 4.78 is 11.6. The third-order valence-corrected chi connectivity index (χ3v) is 3.28. The molecule has 0 radical (unpaired) electrons. The van der Waals surface area contributed by atoms with Crippen LogP contribution < -0.4 is 10.1 Å². The lowest BCUT2D eigenvalue weighted by Crippen LogP contribution is -2.28. The summed E-state index contributed by atoms with van der Waals surface area (Å²) >= 11 is 5.90. The maximum Gasteiger partial charge on any atom is 0.120 e. The zero-order valence-corrected chi connectivity index (χ0v) is 11.5. The summed E-state index contributed by atoms with van der Waals surface area (Å²) in [6.07, 6.45) is 2.71. The lowest BCUT2D eigenvalue weighted by Gasteiger charge is -2.15. The van der Waals surface area contributed by atoms with E-state index in [9.17, 15) is 0 Å².